The van der Waals surface area contributed by atoms with Gasteiger partial charge in [0.05, 0.1) is 16.8 Å². The number of phenols is 1. The van der Waals surface area contributed by atoms with Crippen LogP contribution in [0.3, 0.4) is 0 Å². The number of benzene rings is 1. The van der Waals surface area contributed by atoms with Crippen molar-refractivity contribution in [1.82, 2.24) is 5.16 Å². The minimum atomic E-state index is 0.0490. The van der Waals surface area contributed by atoms with Gasteiger partial charge in [0.1, 0.15) is 5.75 Å². The molecule has 3 N–H and O–H groups in total. The molecule has 15 heavy (non-hydrogen) atoms. The van der Waals surface area contributed by atoms with Crippen LogP contribution in [0, 0.1) is 6.92 Å². The number of anilines is 1. The summed E-state index contributed by atoms with van der Waals surface area (Å²) in [5, 5.41) is 13.2. The maximum Gasteiger partial charge on any atom is 0.229 e. The van der Waals surface area contributed by atoms with Gasteiger partial charge in [-0.25, -0.2) is 0 Å². The number of phenolic OH excluding ortho intramolecular Hbond substituents is 1. The number of halogens is 1. The zero-order valence-electron chi connectivity index (χ0n) is 7.99. The quantitative estimate of drug-likeness (QED) is 0.781. The average Bonchev–Trinajstić information content (AvgIpc) is 2.58. The number of nitrogen functional groups attached to an aromatic ring is 1. The van der Waals surface area contributed by atoms with Crippen LogP contribution in [0.1, 0.15) is 5.56 Å². The van der Waals surface area contributed by atoms with Crippen LogP contribution in [-0.4, -0.2) is 10.3 Å². The van der Waals surface area contributed by atoms with Gasteiger partial charge in [0.25, 0.3) is 0 Å². The first-order valence-electron chi connectivity index (χ1n) is 4.29. The fourth-order valence-corrected chi connectivity index (χ4v) is 1.57. The molecule has 0 fully saturated rings. The Hall–Kier alpha value is -1.68. The van der Waals surface area contributed by atoms with Crippen molar-refractivity contribution < 1.29 is 9.63 Å². The Morgan fingerprint density at radius 3 is 2.73 bits per heavy atom. The van der Waals surface area contributed by atoms with E-state index in [0.29, 0.717) is 5.56 Å². The number of nitrogens with zero attached hydrogens (tertiary/aromatic N) is 1. The van der Waals surface area contributed by atoms with E-state index in [1.54, 1.807) is 12.1 Å². The first-order chi connectivity index (χ1) is 7.09. The fraction of sp³-hybridized carbons (Fsp3) is 0.100. The first-order valence-corrected chi connectivity index (χ1v) is 4.67. The van der Waals surface area contributed by atoms with Crippen molar-refractivity contribution >= 4 is 17.5 Å². The molecule has 1 heterocycles. The Bertz CT molecular complexity index is 508. The summed E-state index contributed by atoms with van der Waals surface area (Å²) in [5.41, 5.74) is 7.93. The Balaban J connectivity index is 2.64. The Kier molecular flexibility index (Phi) is 2.28. The van der Waals surface area contributed by atoms with Gasteiger partial charge >= 0.3 is 0 Å². The predicted octanol–water partition coefficient (Wildman–Crippen LogP) is 2.59. The lowest BCUT2D eigenvalue weighted by Gasteiger charge is -2.05. The molecule has 0 bridgehead atoms. The number of hydrogen-bond acceptors (Lipinski definition) is 4. The monoisotopic (exact) mass is 224 g/mol. The molecule has 4 nitrogen and oxygen atoms in total. The number of nitrogens with two attached hydrogens (primary N) is 1. The second-order valence-corrected chi connectivity index (χ2v) is 3.63. The van der Waals surface area contributed by atoms with Crippen LogP contribution in [0.2, 0.25) is 5.02 Å². The highest BCUT2D eigenvalue weighted by atomic mass is 35.5. The summed E-state index contributed by atoms with van der Waals surface area (Å²) in [5.74, 6) is 0.285. The van der Waals surface area contributed by atoms with Crippen LogP contribution in [0.25, 0.3) is 11.1 Å². The molecule has 0 aliphatic carbocycles. The van der Waals surface area contributed by atoms with Crippen molar-refractivity contribution in [2.75, 3.05) is 5.73 Å². The molecule has 0 amide bonds. The molecule has 0 saturated heterocycles. The Labute approximate surface area is 91.3 Å². The van der Waals surface area contributed by atoms with Gasteiger partial charge in [0.2, 0.25) is 5.88 Å². The summed E-state index contributed by atoms with van der Waals surface area (Å²) < 4.78 is 4.77. The number of rotatable bonds is 1. The number of aromatic nitrogens is 1. The van der Waals surface area contributed by atoms with Crippen LogP contribution in [0.5, 0.6) is 5.75 Å². The highest BCUT2D eigenvalue weighted by molar-refractivity contribution is 6.32. The van der Waals surface area contributed by atoms with Gasteiger partial charge in [-0.15, -0.1) is 0 Å². The molecule has 0 spiro atoms. The molecule has 0 radical (unpaired) electrons. The van der Waals surface area contributed by atoms with Crippen molar-refractivity contribution in [3.63, 3.8) is 0 Å². The van der Waals surface area contributed by atoms with Crippen molar-refractivity contribution in [1.29, 1.82) is 0 Å². The molecule has 78 valence electrons. The maximum absolute atomic E-state index is 9.39. The van der Waals surface area contributed by atoms with Crippen molar-refractivity contribution in [2.24, 2.45) is 0 Å². The predicted molar refractivity (Wildman–Crippen MR) is 57.8 cm³/mol. The van der Waals surface area contributed by atoms with Gasteiger partial charge in [0, 0.05) is 0 Å². The largest absolute Gasteiger partial charge is 0.506 e. The SMILES string of the molecule is Cc1cc(O)c(Cl)cc1-c1cnoc1N. The highest BCUT2D eigenvalue weighted by Gasteiger charge is 2.12. The lowest BCUT2D eigenvalue weighted by atomic mass is 10.0. The summed E-state index contributed by atoms with van der Waals surface area (Å²) in [7, 11) is 0. The first kappa shape index (κ1) is 9.86. The standard InChI is InChI=1S/C10H9ClN2O2/c1-5-2-9(14)8(11)3-6(5)7-4-13-15-10(7)12/h2-4,14H,12H2,1H3. The molecule has 1 aromatic heterocycles. The molecule has 0 aliphatic heterocycles. The van der Waals surface area contributed by atoms with Gasteiger partial charge < -0.3 is 15.4 Å². The van der Waals surface area contributed by atoms with Gasteiger partial charge in [-0.3, -0.25) is 0 Å². The van der Waals surface area contributed by atoms with E-state index in [4.69, 9.17) is 21.9 Å². The summed E-state index contributed by atoms with van der Waals surface area (Å²) in [6.07, 6.45) is 1.52. The summed E-state index contributed by atoms with van der Waals surface area (Å²) in [6, 6.07) is 3.21. The van der Waals surface area contributed by atoms with E-state index in [1.807, 2.05) is 6.92 Å². The molecule has 0 atom stereocenters. The van der Waals surface area contributed by atoms with Crippen LogP contribution in [0.15, 0.2) is 22.9 Å². The van der Waals surface area contributed by atoms with E-state index >= 15 is 0 Å². The Morgan fingerprint density at radius 2 is 2.13 bits per heavy atom. The van der Waals surface area contributed by atoms with E-state index in [0.717, 1.165) is 11.1 Å². The average molecular weight is 225 g/mol. The molecule has 0 unspecified atom stereocenters. The number of aryl methyl sites for hydroxylation is 1. The molecular weight excluding hydrogens is 216 g/mol. The normalized spacial score (nSPS) is 10.5. The maximum atomic E-state index is 9.39. The molecule has 2 rings (SSSR count). The van der Waals surface area contributed by atoms with E-state index in [1.165, 1.54) is 6.20 Å². The molecule has 0 saturated carbocycles. The van der Waals surface area contributed by atoms with Crippen LogP contribution in [-0.2, 0) is 0 Å². The zero-order valence-corrected chi connectivity index (χ0v) is 8.75. The third kappa shape index (κ3) is 1.64. The van der Waals surface area contributed by atoms with Crippen molar-refractivity contribution in [2.45, 2.75) is 6.92 Å². The second kappa shape index (κ2) is 3.47. The van der Waals surface area contributed by atoms with E-state index in [9.17, 15) is 5.11 Å². The van der Waals surface area contributed by atoms with Crippen molar-refractivity contribution in [3.8, 4) is 16.9 Å². The minimum absolute atomic E-state index is 0.0490. The van der Waals surface area contributed by atoms with Crippen LogP contribution in [0.4, 0.5) is 5.88 Å². The topological polar surface area (TPSA) is 72.3 Å². The molecule has 5 heteroatoms. The van der Waals surface area contributed by atoms with Crippen molar-refractivity contribution in [3.05, 3.63) is 28.9 Å². The molecule has 1 aromatic carbocycles. The Morgan fingerprint density at radius 1 is 1.40 bits per heavy atom. The minimum Gasteiger partial charge on any atom is -0.506 e. The lowest BCUT2D eigenvalue weighted by Crippen LogP contribution is -1.88. The number of aromatic hydroxyl groups is 1. The van der Waals surface area contributed by atoms with Gasteiger partial charge in [-0.05, 0) is 30.2 Å². The third-order valence-electron chi connectivity index (χ3n) is 2.18. The molecule has 0 aliphatic rings. The smallest absolute Gasteiger partial charge is 0.229 e. The van der Waals surface area contributed by atoms with Crippen LogP contribution >= 0.6 is 11.6 Å². The highest BCUT2D eigenvalue weighted by Crippen LogP contribution is 2.34. The fourth-order valence-electron chi connectivity index (χ4n) is 1.41. The molecule has 2 aromatic rings. The van der Waals surface area contributed by atoms with E-state index in [2.05, 4.69) is 5.16 Å². The third-order valence-corrected chi connectivity index (χ3v) is 2.49. The van der Waals surface area contributed by atoms with E-state index < -0.39 is 0 Å². The summed E-state index contributed by atoms with van der Waals surface area (Å²) >= 11 is 5.81. The van der Waals surface area contributed by atoms with E-state index in [-0.39, 0.29) is 16.7 Å². The summed E-state index contributed by atoms with van der Waals surface area (Å²) in [6.45, 7) is 1.85. The van der Waals surface area contributed by atoms with Gasteiger partial charge in [0.15, 0.2) is 0 Å². The van der Waals surface area contributed by atoms with Crippen LogP contribution < -0.4 is 5.73 Å². The lowest BCUT2D eigenvalue weighted by molar-refractivity contribution is 0.436. The van der Waals surface area contributed by atoms with Gasteiger partial charge in [-0.1, -0.05) is 16.8 Å². The van der Waals surface area contributed by atoms with Gasteiger partial charge in [-0.2, -0.15) is 0 Å². The number of hydrogen-bond donors (Lipinski definition) is 2. The summed E-state index contributed by atoms with van der Waals surface area (Å²) in [4.78, 5) is 0. The molecular formula is C10H9ClN2O2. The second-order valence-electron chi connectivity index (χ2n) is 3.22. The zero-order chi connectivity index (χ0) is 11.0.